The molecule has 5 nitrogen and oxygen atoms in total. The third kappa shape index (κ3) is 3.79. The molecule has 0 aliphatic carbocycles. The highest BCUT2D eigenvalue weighted by molar-refractivity contribution is 7.89. The average molecular weight is 318 g/mol. The average Bonchev–Trinajstić information content (AvgIpc) is 2.97. The highest BCUT2D eigenvalue weighted by Gasteiger charge is 2.34. The fraction of sp³-hybridized carbons (Fsp3) is 0.692. The first-order valence-corrected chi connectivity index (χ1v) is 9.30. The summed E-state index contributed by atoms with van der Waals surface area (Å²) >= 11 is 1.59. The van der Waals surface area contributed by atoms with Crippen molar-refractivity contribution in [3.05, 3.63) is 22.4 Å². The van der Waals surface area contributed by atoms with Gasteiger partial charge in [0.1, 0.15) is 0 Å². The molecule has 1 saturated heterocycles. The second-order valence-electron chi connectivity index (χ2n) is 5.03. The van der Waals surface area contributed by atoms with Gasteiger partial charge in [0.15, 0.2) is 0 Å². The molecule has 0 amide bonds. The highest BCUT2D eigenvalue weighted by Crippen LogP contribution is 2.23. The van der Waals surface area contributed by atoms with Crippen LogP contribution in [0.4, 0.5) is 0 Å². The normalized spacial score (nSPS) is 24.9. The van der Waals surface area contributed by atoms with E-state index >= 15 is 0 Å². The summed E-state index contributed by atoms with van der Waals surface area (Å²) in [5, 5.41) is 1.97. The Hall–Kier alpha value is -0.470. The maximum Gasteiger partial charge on any atom is 0.214 e. The van der Waals surface area contributed by atoms with Crippen LogP contribution in [0.3, 0.4) is 0 Å². The van der Waals surface area contributed by atoms with E-state index < -0.39 is 10.0 Å². The van der Waals surface area contributed by atoms with Gasteiger partial charge in [-0.15, -0.1) is 11.3 Å². The van der Waals surface area contributed by atoms with Crippen molar-refractivity contribution in [2.75, 3.05) is 26.0 Å². The number of nitrogens with zero attached hydrogens (tertiary/aromatic N) is 1. The van der Waals surface area contributed by atoms with E-state index in [0.29, 0.717) is 25.9 Å². The van der Waals surface area contributed by atoms with Gasteiger partial charge in [-0.3, -0.25) is 0 Å². The Morgan fingerprint density at radius 3 is 2.95 bits per heavy atom. The molecule has 2 unspecified atom stereocenters. The molecule has 20 heavy (non-hydrogen) atoms. The Kier molecular flexibility index (Phi) is 5.57. The van der Waals surface area contributed by atoms with Gasteiger partial charge in [-0.2, -0.15) is 4.31 Å². The molecule has 0 bridgehead atoms. The van der Waals surface area contributed by atoms with E-state index in [1.54, 1.807) is 22.8 Å². The number of aryl methyl sites for hydroxylation is 1. The molecule has 0 radical (unpaired) electrons. The fourth-order valence-corrected chi connectivity index (χ4v) is 5.15. The lowest BCUT2D eigenvalue weighted by atomic mass is 10.0. The van der Waals surface area contributed by atoms with Crippen molar-refractivity contribution < 1.29 is 13.2 Å². The van der Waals surface area contributed by atoms with Gasteiger partial charge >= 0.3 is 0 Å². The summed E-state index contributed by atoms with van der Waals surface area (Å²) in [7, 11) is -1.58. The van der Waals surface area contributed by atoms with Crippen molar-refractivity contribution >= 4 is 21.4 Å². The van der Waals surface area contributed by atoms with Crippen LogP contribution in [0.2, 0.25) is 0 Å². The van der Waals surface area contributed by atoms with Gasteiger partial charge in [0, 0.05) is 31.1 Å². The van der Waals surface area contributed by atoms with Gasteiger partial charge < -0.3 is 10.5 Å². The standard InChI is InChI=1S/C13H22N2O3S2/c1-18-12-4-6-15(11(9-12)10-14)20(16,17)8-5-13-3-2-7-19-13/h2-3,7,11-12H,4-6,8-10,14H2,1H3. The van der Waals surface area contributed by atoms with E-state index in [2.05, 4.69) is 0 Å². The molecule has 0 spiro atoms. The third-order valence-electron chi connectivity index (χ3n) is 3.76. The molecule has 0 saturated carbocycles. The molecule has 1 aromatic rings. The molecule has 2 N–H and O–H groups in total. The molecule has 2 rings (SSSR count). The van der Waals surface area contributed by atoms with Gasteiger partial charge in [-0.1, -0.05) is 6.07 Å². The lowest BCUT2D eigenvalue weighted by molar-refractivity contribution is 0.0402. The number of ether oxygens (including phenoxy) is 1. The molecule has 7 heteroatoms. The second kappa shape index (κ2) is 7.00. The van der Waals surface area contributed by atoms with E-state index in [0.717, 1.165) is 11.3 Å². The van der Waals surface area contributed by atoms with E-state index in [1.807, 2.05) is 17.5 Å². The Morgan fingerprint density at radius 2 is 2.35 bits per heavy atom. The topological polar surface area (TPSA) is 72.6 Å². The molecular formula is C13H22N2O3S2. The Morgan fingerprint density at radius 1 is 1.55 bits per heavy atom. The molecule has 2 atom stereocenters. The third-order valence-corrected chi connectivity index (χ3v) is 6.61. The van der Waals surface area contributed by atoms with Crippen molar-refractivity contribution in [3.8, 4) is 0 Å². The number of hydrogen-bond donors (Lipinski definition) is 1. The first-order valence-electron chi connectivity index (χ1n) is 6.81. The van der Waals surface area contributed by atoms with E-state index in [4.69, 9.17) is 10.5 Å². The quantitative estimate of drug-likeness (QED) is 0.851. The van der Waals surface area contributed by atoms with Crippen molar-refractivity contribution in [1.29, 1.82) is 0 Å². The van der Waals surface area contributed by atoms with Crippen molar-refractivity contribution in [1.82, 2.24) is 4.31 Å². The highest BCUT2D eigenvalue weighted by atomic mass is 32.2. The Labute approximate surface area is 124 Å². The minimum Gasteiger partial charge on any atom is -0.381 e. The lowest BCUT2D eigenvalue weighted by Crippen LogP contribution is -2.51. The number of nitrogens with two attached hydrogens (primary N) is 1. The van der Waals surface area contributed by atoms with E-state index in [-0.39, 0.29) is 17.9 Å². The number of rotatable bonds is 6. The minimum absolute atomic E-state index is 0.118. The second-order valence-corrected chi connectivity index (χ2v) is 8.10. The number of hydrogen-bond acceptors (Lipinski definition) is 5. The van der Waals surface area contributed by atoms with Gasteiger partial charge in [0.25, 0.3) is 0 Å². The summed E-state index contributed by atoms with van der Waals surface area (Å²) in [5.74, 6) is 0.154. The maximum atomic E-state index is 12.5. The van der Waals surface area contributed by atoms with E-state index in [1.165, 1.54) is 0 Å². The molecular weight excluding hydrogens is 296 g/mol. The zero-order valence-electron chi connectivity index (χ0n) is 11.7. The van der Waals surface area contributed by atoms with Crippen molar-refractivity contribution in [2.24, 2.45) is 5.73 Å². The zero-order chi connectivity index (χ0) is 14.6. The summed E-state index contributed by atoms with van der Waals surface area (Å²) in [6.07, 6.45) is 2.12. The Bertz CT molecular complexity index is 502. The minimum atomic E-state index is -3.25. The smallest absolute Gasteiger partial charge is 0.214 e. The van der Waals surface area contributed by atoms with Crippen LogP contribution in [0.5, 0.6) is 0 Å². The van der Waals surface area contributed by atoms with Crippen LogP contribution in [0, 0.1) is 0 Å². The molecule has 114 valence electrons. The number of piperidine rings is 1. The predicted molar refractivity (Wildman–Crippen MR) is 81.4 cm³/mol. The van der Waals surface area contributed by atoms with Crippen LogP contribution in [0.1, 0.15) is 17.7 Å². The first kappa shape index (κ1) is 15.9. The SMILES string of the molecule is COC1CCN(S(=O)(=O)CCc2cccs2)C(CN)C1. The van der Waals surface area contributed by atoms with Crippen LogP contribution in [-0.2, 0) is 21.2 Å². The first-order chi connectivity index (χ1) is 9.56. The molecule has 1 fully saturated rings. The molecule has 1 aromatic heterocycles. The summed E-state index contributed by atoms with van der Waals surface area (Å²) in [6.45, 7) is 0.852. The maximum absolute atomic E-state index is 12.5. The summed E-state index contributed by atoms with van der Waals surface area (Å²) < 4.78 is 31.9. The van der Waals surface area contributed by atoms with E-state index in [9.17, 15) is 8.42 Å². The zero-order valence-corrected chi connectivity index (χ0v) is 13.3. The van der Waals surface area contributed by atoms with Crippen LogP contribution >= 0.6 is 11.3 Å². The number of thiophene rings is 1. The lowest BCUT2D eigenvalue weighted by Gasteiger charge is -2.37. The van der Waals surface area contributed by atoms with Gasteiger partial charge in [-0.25, -0.2) is 8.42 Å². The van der Waals surface area contributed by atoms with Gasteiger partial charge in [0.05, 0.1) is 11.9 Å². The van der Waals surface area contributed by atoms with Crippen LogP contribution in [0.25, 0.3) is 0 Å². The van der Waals surface area contributed by atoms with Gasteiger partial charge in [-0.05, 0) is 30.7 Å². The molecule has 1 aliphatic rings. The molecule has 1 aliphatic heterocycles. The molecule has 0 aromatic carbocycles. The van der Waals surface area contributed by atoms with Crippen LogP contribution < -0.4 is 5.73 Å². The fourth-order valence-electron chi connectivity index (χ4n) is 2.59. The molecule has 2 heterocycles. The Balaban J connectivity index is 2.00. The number of sulfonamides is 1. The van der Waals surface area contributed by atoms with Crippen molar-refractivity contribution in [2.45, 2.75) is 31.4 Å². The summed E-state index contributed by atoms with van der Waals surface area (Å²) in [5.41, 5.74) is 5.74. The number of methoxy groups -OCH3 is 1. The van der Waals surface area contributed by atoms with Crippen LogP contribution in [-0.4, -0.2) is 50.8 Å². The largest absolute Gasteiger partial charge is 0.381 e. The monoisotopic (exact) mass is 318 g/mol. The van der Waals surface area contributed by atoms with Crippen molar-refractivity contribution in [3.63, 3.8) is 0 Å². The summed E-state index contributed by atoms with van der Waals surface area (Å²) in [6, 6.07) is 3.78. The summed E-state index contributed by atoms with van der Waals surface area (Å²) in [4.78, 5) is 1.10. The van der Waals surface area contributed by atoms with Gasteiger partial charge in [0.2, 0.25) is 10.0 Å². The van der Waals surface area contributed by atoms with Crippen LogP contribution in [0.15, 0.2) is 17.5 Å². The predicted octanol–water partition coefficient (Wildman–Crippen LogP) is 1.06.